The normalized spacial score (nSPS) is 11.4. The number of carbonyl (C=O) groups excluding carboxylic acids is 1. The standard InChI is InChI=1S/C21H18N4O3S2/c1-2-25(17-8-4-3-5-9-17)30(27,28)18-10-6-7-16(14-18)22-21(26)15-11-12-20-19(13-15)23-24-29-20/h3-14H,2H2,1H3,(H,22,26). The molecule has 0 aliphatic heterocycles. The number of fused-ring (bicyclic) bond motifs is 1. The summed E-state index contributed by atoms with van der Waals surface area (Å²) in [5.74, 6) is -0.352. The molecular weight excluding hydrogens is 420 g/mol. The van der Waals surface area contributed by atoms with Gasteiger partial charge in [-0.1, -0.05) is 28.8 Å². The Morgan fingerprint density at radius 1 is 1.03 bits per heavy atom. The predicted molar refractivity (Wildman–Crippen MR) is 118 cm³/mol. The van der Waals surface area contributed by atoms with Gasteiger partial charge in [-0.3, -0.25) is 9.10 Å². The van der Waals surface area contributed by atoms with Gasteiger partial charge in [0.05, 0.1) is 15.3 Å². The molecule has 1 N–H and O–H groups in total. The van der Waals surface area contributed by atoms with Gasteiger partial charge in [0, 0.05) is 17.8 Å². The second-order valence-electron chi connectivity index (χ2n) is 6.44. The number of aromatic nitrogens is 2. The van der Waals surface area contributed by atoms with Gasteiger partial charge < -0.3 is 5.32 Å². The number of anilines is 2. The molecule has 0 spiro atoms. The number of hydrogen-bond donors (Lipinski definition) is 1. The van der Waals surface area contributed by atoms with Gasteiger partial charge in [0.25, 0.3) is 15.9 Å². The minimum Gasteiger partial charge on any atom is -0.322 e. The van der Waals surface area contributed by atoms with Crippen molar-refractivity contribution in [1.82, 2.24) is 9.59 Å². The third kappa shape index (κ3) is 3.89. The van der Waals surface area contributed by atoms with Crippen LogP contribution in [0.25, 0.3) is 10.2 Å². The Morgan fingerprint density at radius 3 is 2.60 bits per heavy atom. The van der Waals surface area contributed by atoms with Crippen LogP contribution in [0.3, 0.4) is 0 Å². The molecule has 152 valence electrons. The van der Waals surface area contributed by atoms with Gasteiger partial charge in [-0.25, -0.2) is 8.42 Å². The zero-order valence-corrected chi connectivity index (χ0v) is 17.7. The van der Waals surface area contributed by atoms with Crippen molar-refractivity contribution in [2.75, 3.05) is 16.2 Å². The van der Waals surface area contributed by atoms with Crippen molar-refractivity contribution < 1.29 is 13.2 Å². The summed E-state index contributed by atoms with van der Waals surface area (Å²) in [7, 11) is -3.78. The number of benzene rings is 3. The van der Waals surface area contributed by atoms with Crippen LogP contribution in [0, 0.1) is 0 Å². The molecule has 1 amide bonds. The molecule has 0 bridgehead atoms. The highest BCUT2D eigenvalue weighted by molar-refractivity contribution is 7.92. The van der Waals surface area contributed by atoms with Crippen LogP contribution in [-0.4, -0.2) is 30.5 Å². The van der Waals surface area contributed by atoms with Crippen LogP contribution >= 0.6 is 11.5 Å². The zero-order valence-electron chi connectivity index (χ0n) is 16.0. The van der Waals surface area contributed by atoms with E-state index in [0.717, 1.165) is 4.70 Å². The zero-order chi connectivity index (χ0) is 21.1. The van der Waals surface area contributed by atoms with E-state index in [0.29, 0.717) is 22.5 Å². The molecule has 3 aromatic carbocycles. The average molecular weight is 439 g/mol. The summed E-state index contributed by atoms with van der Waals surface area (Å²) in [6.45, 7) is 2.06. The molecule has 0 atom stereocenters. The fourth-order valence-corrected chi connectivity index (χ4v) is 5.13. The van der Waals surface area contributed by atoms with Gasteiger partial charge in [-0.2, -0.15) is 0 Å². The predicted octanol–water partition coefficient (Wildman–Crippen LogP) is 4.16. The molecule has 4 rings (SSSR count). The highest BCUT2D eigenvalue weighted by atomic mass is 32.2. The first-order valence-corrected chi connectivity index (χ1v) is 11.4. The fraction of sp³-hybridized carbons (Fsp3) is 0.0952. The Labute approximate surface area is 178 Å². The number of hydrogen-bond acceptors (Lipinski definition) is 6. The third-order valence-electron chi connectivity index (χ3n) is 4.52. The highest BCUT2D eigenvalue weighted by Gasteiger charge is 2.24. The van der Waals surface area contributed by atoms with Crippen molar-refractivity contribution in [2.45, 2.75) is 11.8 Å². The van der Waals surface area contributed by atoms with Crippen molar-refractivity contribution in [3.63, 3.8) is 0 Å². The average Bonchev–Trinajstić information content (AvgIpc) is 3.23. The molecule has 0 saturated carbocycles. The van der Waals surface area contributed by atoms with E-state index < -0.39 is 10.0 Å². The van der Waals surface area contributed by atoms with Crippen molar-refractivity contribution in [1.29, 1.82) is 0 Å². The monoisotopic (exact) mass is 438 g/mol. The summed E-state index contributed by atoms with van der Waals surface area (Å²) in [6, 6.07) is 20.3. The fourth-order valence-electron chi connectivity index (χ4n) is 3.07. The Balaban J connectivity index is 1.60. The van der Waals surface area contributed by atoms with E-state index in [1.807, 2.05) is 6.07 Å². The maximum absolute atomic E-state index is 13.2. The van der Waals surface area contributed by atoms with Crippen LogP contribution in [0.5, 0.6) is 0 Å². The van der Waals surface area contributed by atoms with E-state index in [4.69, 9.17) is 0 Å². The van der Waals surface area contributed by atoms with Crippen molar-refractivity contribution >= 4 is 49.1 Å². The lowest BCUT2D eigenvalue weighted by molar-refractivity contribution is 0.102. The summed E-state index contributed by atoms with van der Waals surface area (Å²) in [6.07, 6.45) is 0. The minimum atomic E-state index is -3.78. The van der Waals surface area contributed by atoms with Crippen LogP contribution in [0.2, 0.25) is 0 Å². The molecule has 0 aliphatic carbocycles. The molecule has 0 aliphatic rings. The number of nitrogens with zero attached hydrogens (tertiary/aromatic N) is 3. The summed E-state index contributed by atoms with van der Waals surface area (Å²) >= 11 is 1.26. The van der Waals surface area contributed by atoms with E-state index in [2.05, 4.69) is 14.9 Å². The smallest absolute Gasteiger partial charge is 0.264 e. The number of para-hydroxylation sites is 1. The molecule has 0 saturated heterocycles. The van der Waals surface area contributed by atoms with E-state index in [-0.39, 0.29) is 17.3 Å². The summed E-state index contributed by atoms with van der Waals surface area (Å²) in [4.78, 5) is 12.7. The summed E-state index contributed by atoms with van der Waals surface area (Å²) < 4.78 is 32.5. The molecule has 1 aromatic heterocycles. The SMILES string of the molecule is CCN(c1ccccc1)S(=O)(=O)c1cccc(NC(=O)c2ccc3snnc3c2)c1. The number of carbonyl (C=O) groups is 1. The second-order valence-corrected chi connectivity index (χ2v) is 9.09. The Kier molecular flexibility index (Phi) is 5.47. The van der Waals surface area contributed by atoms with Crippen LogP contribution in [0.15, 0.2) is 77.7 Å². The van der Waals surface area contributed by atoms with Gasteiger partial charge in [-0.05, 0) is 67.0 Å². The van der Waals surface area contributed by atoms with Gasteiger partial charge in [0.15, 0.2) is 0 Å². The first kappa shape index (κ1) is 20.0. The maximum atomic E-state index is 13.2. The Hall–Kier alpha value is -3.30. The third-order valence-corrected chi connectivity index (χ3v) is 7.12. The first-order chi connectivity index (χ1) is 14.5. The lowest BCUT2D eigenvalue weighted by Gasteiger charge is -2.23. The molecular formula is C21H18N4O3S2. The molecule has 7 nitrogen and oxygen atoms in total. The number of amides is 1. The number of rotatable bonds is 6. The second kappa shape index (κ2) is 8.21. The number of nitrogens with one attached hydrogen (secondary N) is 1. The Morgan fingerprint density at radius 2 is 1.83 bits per heavy atom. The largest absolute Gasteiger partial charge is 0.322 e. The van der Waals surface area contributed by atoms with Gasteiger partial charge in [-0.15, -0.1) is 5.10 Å². The van der Waals surface area contributed by atoms with E-state index >= 15 is 0 Å². The van der Waals surface area contributed by atoms with Crippen molar-refractivity contribution in [3.05, 3.63) is 78.4 Å². The molecule has 9 heteroatoms. The molecule has 1 heterocycles. The summed E-state index contributed by atoms with van der Waals surface area (Å²) in [5, 5.41) is 6.73. The van der Waals surface area contributed by atoms with Crippen LogP contribution in [0.4, 0.5) is 11.4 Å². The maximum Gasteiger partial charge on any atom is 0.264 e. The van der Waals surface area contributed by atoms with Crippen molar-refractivity contribution in [2.24, 2.45) is 0 Å². The first-order valence-electron chi connectivity index (χ1n) is 9.20. The number of sulfonamides is 1. The molecule has 0 fully saturated rings. The van der Waals surface area contributed by atoms with Crippen molar-refractivity contribution in [3.8, 4) is 0 Å². The van der Waals surface area contributed by atoms with Gasteiger partial charge >= 0.3 is 0 Å². The molecule has 4 aromatic rings. The topological polar surface area (TPSA) is 92.3 Å². The van der Waals surface area contributed by atoms with E-state index in [1.165, 1.54) is 28.0 Å². The molecule has 0 radical (unpaired) electrons. The van der Waals surface area contributed by atoms with Crippen LogP contribution in [0.1, 0.15) is 17.3 Å². The Bertz CT molecular complexity index is 1300. The molecule has 0 unspecified atom stereocenters. The quantitative estimate of drug-likeness (QED) is 0.488. The van der Waals surface area contributed by atoms with Gasteiger partial charge in [0.1, 0.15) is 5.52 Å². The van der Waals surface area contributed by atoms with E-state index in [1.54, 1.807) is 61.5 Å². The lowest BCUT2D eigenvalue weighted by atomic mass is 10.2. The lowest BCUT2D eigenvalue weighted by Crippen LogP contribution is -2.30. The molecule has 30 heavy (non-hydrogen) atoms. The van der Waals surface area contributed by atoms with Crippen LogP contribution < -0.4 is 9.62 Å². The van der Waals surface area contributed by atoms with Gasteiger partial charge in [0.2, 0.25) is 0 Å². The van der Waals surface area contributed by atoms with Crippen LogP contribution in [-0.2, 0) is 10.0 Å². The minimum absolute atomic E-state index is 0.102. The summed E-state index contributed by atoms with van der Waals surface area (Å²) in [5.41, 5.74) is 2.04. The highest BCUT2D eigenvalue weighted by Crippen LogP contribution is 2.25. The van der Waals surface area contributed by atoms with E-state index in [9.17, 15) is 13.2 Å².